The Balaban J connectivity index is 1.76. The van der Waals surface area contributed by atoms with Crippen LogP contribution in [0.25, 0.3) is 0 Å². The summed E-state index contributed by atoms with van der Waals surface area (Å²) >= 11 is 0. The SMILES string of the molecule is CCOCC(C)C1CC[C@]2(C)O[C@H]2C1. The van der Waals surface area contributed by atoms with E-state index in [2.05, 4.69) is 20.8 Å². The van der Waals surface area contributed by atoms with Crippen molar-refractivity contribution in [3.05, 3.63) is 0 Å². The molecule has 2 fully saturated rings. The Morgan fingerprint density at radius 1 is 1.57 bits per heavy atom. The van der Waals surface area contributed by atoms with Gasteiger partial charge in [0.2, 0.25) is 0 Å². The van der Waals surface area contributed by atoms with Crippen LogP contribution in [0.15, 0.2) is 0 Å². The van der Waals surface area contributed by atoms with Crippen LogP contribution in [0.5, 0.6) is 0 Å². The van der Waals surface area contributed by atoms with Gasteiger partial charge >= 0.3 is 0 Å². The predicted molar refractivity (Wildman–Crippen MR) is 56.3 cm³/mol. The van der Waals surface area contributed by atoms with Crippen LogP contribution in [-0.2, 0) is 9.47 Å². The van der Waals surface area contributed by atoms with E-state index in [-0.39, 0.29) is 5.60 Å². The van der Waals surface area contributed by atoms with Gasteiger partial charge in [-0.15, -0.1) is 0 Å². The largest absolute Gasteiger partial charge is 0.381 e. The van der Waals surface area contributed by atoms with Crippen LogP contribution in [-0.4, -0.2) is 24.9 Å². The minimum absolute atomic E-state index is 0.266. The fourth-order valence-corrected chi connectivity index (χ4v) is 2.63. The molecular formula is C12H22O2. The molecule has 82 valence electrons. The van der Waals surface area contributed by atoms with Crippen molar-refractivity contribution >= 4 is 0 Å². The molecule has 2 heteroatoms. The molecule has 2 rings (SSSR count). The van der Waals surface area contributed by atoms with Crippen LogP contribution in [0.3, 0.4) is 0 Å². The lowest BCUT2D eigenvalue weighted by atomic mass is 9.77. The Hall–Kier alpha value is -0.0800. The predicted octanol–water partition coefficient (Wildman–Crippen LogP) is 2.62. The first-order valence-corrected chi connectivity index (χ1v) is 5.91. The molecule has 0 aromatic heterocycles. The van der Waals surface area contributed by atoms with Gasteiger partial charge in [0.25, 0.3) is 0 Å². The Kier molecular flexibility index (Phi) is 2.85. The van der Waals surface area contributed by atoms with E-state index in [9.17, 15) is 0 Å². The molecule has 2 aliphatic rings. The van der Waals surface area contributed by atoms with Crippen molar-refractivity contribution in [2.24, 2.45) is 11.8 Å². The first kappa shape index (κ1) is 10.4. The maximum Gasteiger partial charge on any atom is 0.0920 e. The topological polar surface area (TPSA) is 21.8 Å². The van der Waals surface area contributed by atoms with Crippen LogP contribution < -0.4 is 0 Å². The molecule has 0 bridgehead atoms. The molecule has 1 aliphatic heterocycles. The van der Waals surface area contributed by atoms with Crippen molar-refractivity contribution < 1.29 is 9.47 Å². The number of hydrogen-bond acceptors (Lipinski definition) is 2. The third kappa shape index (κ3) is 1.96. The molecule has 1 saturated carbocycles. The standard InChI is InChI=1S/C12H22O2/c1-4-13-8-9(2)10-5-6-12(3)11(7-10)14-12/h9-11H,4-8H2,1-3H3/t9?,10?,11-,12-/m0/s1. The molecule has 1 aliphatic carbocycles. The zero-order chi connectivity index (χ0) is 10.2. The van der Waals surface area contributed by atoms with Crippen LogP contribution in [0.2, 0.25) is 0 Å². The number of epoxide rings is 1. The van der Waals surface area contributed by atoms with E-state index in [1.165, 1.54) is 19.3 Å². The van der Waals surface area contributed by atoms with Gasteiger partial charge in [-0.3, -0.25) is 0 Å². The van der Waals surface area contributed by atoms with Gasteiger partial charge in [0.15, 0.2) is 0 Å². The van der Waals surface area contributed by atoms with Crippen molar-refractivity contribution in [2.75, 3.05) is 13.2 Å². The third-order valence-electron chi connectivity index (χ3n) is 3.95. The fraction of sp³-hybridized carbons (Fsp3) is 1.00. The Morgan fingerprint density at radius 2 is 2.36 bits per heavy atom. The summed E-state index contributed by atoms with van der Waals surface area (Å²) in [6, 6.07) is 0. The van der Waals surface area contributed by atoms with Gasteiger partial charge in [0, 0.05) is 13.2 Å². The van der Waals surface area contributed by atoms with Crippen LogP contribution in [0.1, 0.15) is 40.0 Å². The normalized spacial score (nSPS) is 43.1. The molecule has 0 radical (unpaired) electrons. The molecule has 2 unspecified atom stereocenters. The first-order chi connectivity index (χ1) is 6.65. The quantitative estimate of drug-likeness (QED) is 0.648. The van der Waals surface area contributed by atoms with E-state index in [0.29, 0.717) is 12.0 Å². The molecule has 0 aromatic carbocycles. The highest BCUT2D eigenvalue weighted by Gasteiger charge is 2.55. The molecule has 1 heterocycles. The van der Waals surface area contributed by atoms with Gasteiger partial charge in [-0.25, -0.2) is 0 Å². The monoisotopic (exact) mass is 198 g/mol. The molecule has 0 spiro atoms. The van der Waals surface area contributed by atoms with Gasteiger partial charge in [-0.1, -0.05) is 6.92 Å². The summed E-state index contributed by atoms with van der Waals surface area (Å²) in [5.41, 5.74) is 0.266. The molecule has 4 atom stereocenters. The Bertz CT molecular complexity index is 204. The van der Waals surface area contributed by atoms with Crippen molar-refractivity contribution in [1.82, 2.24) is 0 Å². The Labute approximate surface area is 87.0 Å². The summed E-state index contributed by atoms with van der Waals surface area (Å²) in [6.45, 7) is 8.39. The van der Waals surface area contributed by atoms with Gasteiger partial charge in [0.05, 0.1) is 11.7 Å². The van der Waals surface area contributed by atoms with E-state index in [1.807, 2.05) is 0 Å². The van der Waals surface area contributed by atoms with E-state index in [0.717, 1.165) is 19.1 Å². The maximum absolute atomic E-state index is 5.71. The van der Waals surface area contributed by atoms with Crippen molar-refractivity contribution in [3.8, 4) is 0 Å². The van der Waals surface area contributed by atoms with Crippen molar-refractivity contribution in [1.29, 1.82) is 0 Å². The lowest BCUT2D eigenvalue weighted by molar-refractivity contribution is 0.0835. The van der Waals surface area contributed by atoms with Crippen LogP contribution in [0.4, 0.5) is 0 Å². The number of ether oxygens (including phenoxy) is 2. The van der Waals surface area contributed by atoms with Gasteiger partial charge < -0.3 is 9.47 Å². The van der Waals surface area contributed by atoms with Crippen LogP contribution >= 0.6 is 0 Å². The summed E-state index contributed by atoms with van der Waals surface area (Å²) in [6.07, 6.45) is 4.38. The highest BCUT2D eigenvalue weighted by molar-refractivity contribution is 5.03. The summed E-state index contributed by atoms with van der Waals surface area (Å²) < 4.78 is 11.2. The van der Waals surface area contributed by atoms with Crippen LogP contribution in [0, 0.1) is 11.8 Å². The first-order valence-electron chi connectivity index (χ1n) is 5.91. The summed E-state index contributed by atoms with van der Waals surface area (Å²) in [5, 5.41) is 0. The lowest BCUT2D eigenvalue weighted by Gasteiger charge is -2.27. The fourth-order valence-electron chi connectivity index (χ4n) is 2.63. The minimum Gasteiger partial charge on any atom is -0.381 e. The average Bonchev–Trinajstić information content (AvgIpc) is 2.84. The maximum atomic E-state index is 5.71. The number of hydrogen-bond donors (Lipinski definition) is 0. The Morgan fingerprint density at radius 3 is 3.00 bits per heavy atom. The highest BCUT2D eigenvalue weighted by Crippen LogP contribution is 2.50. The van der Waals surface area contributed by atoms with E-state index in [4.69, 9.17) is 9.47 Å². The summed E-state index contributed by atoms with van der Waals surface area (Å²) in [4.78, 5) is 0. The zero-order valence-electron chi connectivity index (χ0n) is 9.58. The zero-order valence-corrected chi connectivity index (χ0v) is 9.58. The van der Waals surface area contributed by atoms with Gasteiger partial charge in [-0.2, -0.15) is 0 Å². The lowest BCUT2D eigenvalue weighted by Crippen LogP contribution is -2.27. The third-order valence-corrected chi connectivity index (χ3v) is 3.95. The molecular weight excluding hydrogens is 176 g/mol. The minimum atomic E-state index is 0.266. The second-order valence-electron chi connectivity index (χ2n) is 5.09. The molecule has 0 aromatic rings. The van der Waals surface area contributed by atoms with Crippen molar-refractivity contribution in [3.63, 3.8) is 0 Å². The molecule has 14 heavy (non-hydrogen) atoms. The summed E-state index contributed by atoms with van der Waals surface area (Å²) in [5.74, 6) is 1.52. The molecule has 0 amide bonds. The second-order valence-corrected chi connectivity index (χ2v) is 5.09. The van der Waals surface area contributed by atoms with E-state index in [1.54, 1.807) is 0 Å². The number of rotatable bonds is 4. The van der Waals surface area contributed by atoms with Gasteiger partial charge in [0.1, 0.15) is 0 Å². The molecule has 0 N–H and O–H groups in total. The van der Waals surface area contributed by atoms with E-state index >= 15 is 0 Å². The van der Waals surface area contributed by atoms with E-state index < -0.39 is 0 Å². The van der Waals surface area contributed by atoms with Crippen molar-refractivity contribution in [2.45, 2.75) is 51.7 Å². The second kappa shape index (κ2) is 3.82. The highest BCUT2D eigenvalue weighted by atomic mass is 16.6. The number of fused-ring (bicyclic) bond motifs is 1. The van der Waals surface area contributed by atoms with Gasteiger partial charge in [-0.05, 0) is 44.9 Å². The summed E-state index contributed by atoms with van der Waals surface area (Å²) in [7, 11) is 0. The average molecular weight is 198 g/mol. The smallest absolute Gasteiger partial charge is 0.0920 e. The molecule has 2 nitrogen and oxygen atoms in total. The molecule has 1 saturated heterocycles.